The van der Waals surface area contributed by atoms with Crippen molar-refractivity contribution in [3.05, 3.63) is 22.4 Å². The quantitative estimate of drug-likeness (QED) is 0.771. The minimum absolute atomic E-state index is 0.368. The molecule has 2 rings (SSSR count). The van der Waals surface area contributed by atoms with Crippen molar-refractivity contribution in [2.45, 2.75) is 23.4 Å². The van der Waals surface area contributed by atoms with Gasteiger partial charge in [0.05, 0.1) is 0 Å². The predicted molar refractivity (Wildman–Crippen MR) is 43.1 cm³/mol. The molecular formula is C8H4F6OS. The molecule has 90 valence electrons. The van der Waals surface area contributed by atoms with Gasteiger partial charge in [-0.2, -0.15) is 26.3 Å². The van der Waals surface area contributed by atoms with E-state index >= 15 is 0 Å². The average molecular weight is 262 g/mol. The molecule has 0 aliphatic heterocycles. The fourth-order valence-electron chi connectivity index (χ4n) is 1.58. The first-order valence-electron chi connectivity index (χ1n) is 4.00. The van der Waals surface area contributed by atoms with Crippen LogP contribution in [0.15, 0.2) is 17.5 Å². The van der Waals surface area contributed by atoms with Gasteiger partial charge in [0, 0.05) is 4.88 Å². The molecule has 1 aromatic heterocycles. The molecule has 0 unspecified atom stereocenters. The molecule has 16 heavy (non-hydrogen) atoms. The Morgan fingerprint density at radius 3 is 1.81 bits per heavy atom. The lowest BCUT2D eigenvalue weighted by atomic mass is 9.67. The number of alkyl halides is 6. The Kier molecular flexibility index (Phi) is 2.00. The van der Waals surface area contributed by atoms with E-state index in [1.165, 1.54) is 0 Å². The third kappa shape index (κ3) is 0.852. The summed E-state index contributed by atoms with van der Waals surface area (Å²) in [6.45, 7) is 0. The molecule has 0 spiro atoms. The molecule has 0 amide bonds. The molecule has 1 aliphatic carbocycles. The number of hydrogen-bond acceptors (Lipinski definition) is 2. The summed E-state index contributed by atoms with van der Waals surface area (Å²) in [5.74, 6) is -15.9. The highest BCUT2D eigenvalue weighted by Gasteiger charge is 2.99. The highest BCUT2D eigenvalue weighted by molar-refractivity contribution is 7.10. The summed E-state index contributed by atoms with van der Waals surface area (Å²) in [6.07, 6.45) is 0. The topological polar surface area (TPSA) is 20.2 Å². The Morgan fingerprint density at radius 1 is 0.938 bits per heavy atom. The molecule has 1 aliphatic rings. The summed E-state index contributed by atoms with van der Waals surface area (Å²) in [4.78, 5) is -0.881. The van der Waals surface area contributed by atoms with Crippen molar-refractivity contribution in [2.75, 3.05) is 0 Å². The zero-order valence-electron chi connectivity index (χ0n) is 7.36. The van der Waals surface area contributed by atoms with Crippen LogP contribution in [0.5, 0.6) is 0 Å². The first kappa shape index (κ1) is 11.7. The maximum Gasteiger partial charge on any atom is 0.379 e. The van der Waals surface area contributed by atoms with Gasteiger partial charge in [0.2, 0.25) is 5.60 Å². The number of hydrogen-bond donors (Lipinski definition) is 1. The van der Waals surface area contributed by atoms with E-state index in [4.69, 9.17) is 0 Å². The molecule has 1 fully saturated rings. The van der Waals surface area contributed by atoms with Crippen molar-refractivity contribution < 1.29 is 31.4 Å². The highest BCUT2D eigenvalue weighted by atomic mass is 32.1. The van der Waals surface area contributed by atoms with Crippen LogP contribution < -0.4 is 0 Å². The molecule has 0 saturated heterocycles. The molecular weight excluding hydrogens is 258 g/mol. The van der Waals surface area contributed by atoms with Crippen LogP contribution in [0.1, 0.15) is 4.88 Å². The van der Waals surface area contributed by atoms with Crippen LogP contribution in [0.2, 0.25) is 0 Å². The van der Waals surface area contributed by atoms with Crippen molar-refractivity contribution in [2.24, 2.45) is 0 Å². The maximum atomic E-state index is 13.0. The average Bonchev–Trinajstić information content (AvgIpc) is 2.67. The summed E-state index contributed by atoms with van der Waals surface area (Å²) >= 11 is 0.368. The largest absolute Gasteiger partial charge is 0.379 e. The van der Waals surface area contributed by atoms with Crippen LogP contribution >= 0.6 is 11.3 Å². The number of aliphatic hydroxyl groups is 1. The van der Waals surface area contributed by atoms with Gasteiger partial charge in [-0.3, -0.25) is 0 Å². The number of thiophene rings is 1. The van der Waals surface area contributed by atoms with Crippen LogP contribution in [-0.2, 0) is 5.60 Å². The van der Waals surface area contributed by atoms with Gasteiger partial charge in [0.25, 0.3) is 0 Å². The van der Waals surface area contributed by atoms with Crippen molar-refractivity contribution in [1.82, 2.24) is 0 Å². The second-order valence-corrected chi connectivity index (χ2v) is 4.36. The van der Waals surface area contributed by atoms with Gasteiger partial charge in [0.15, 0.2) is 0 Å². The minimum Gasteiger partial charge on any atom is -0.373 e. The lowest BCUT2D eigenvalue weighted by molar-refractivity contribution is -0.497. The van der Waals surface area contributed by atoms with E-state index in [1.807, 2.05) is 0 Å². The van der Waals surface area contributed by atoms with Crippen molar-refractivity contribution in [1.29, 1.82) is 0 Å². The van der Waals surface area contributed by atoms with Crippen LogP contribution in [0.25, 0.3) is 0 Å². The van der Waals surface area contributed by atoms with Gasteiger partial charge in [-0.15, -0.1) is 11.3 Å². The number of halogens is 6. The van der Waals surface area contributed by atoms with E-state index < -0.39 is 28.2 Å². The van der Waals surface area contributed by atoms with Crippen molar-refractivity contribution in [3.8, 4) is 0 Å². The van der Waals surface area contributed by atoms with Crippen LogP contribution in [0, 0.1) is 0 Å². The van der Waals surface area contributed by atoms with E-state index in [-0.39, 0.29) is 0 Å². The summed E-state index contributed by atoms with van der Waals surface area (Å²) < 4.78 is 76.9. The van der Waals surface area contributed by atoms with Crippen LogP contribution in [-0.4, -0.2) is 22.9 Å². The molecule has 0 bridgehead atoms. The van der Waals surface area contributed by atoms with Gasteiger partial charge < -0.3 is 5.11 Å². The Labute approximate surface area is 89.3 Å². The Morgan fingerprint density at radius 2 is 1.44 bits per heavy atom. The SMILES string of the molecule is OC1(c2cccs2)C(F)(F)C(F)(F)C1(F)F. The molecule has 0 radical (unpaired) electrons. The van der Waals surface area contributed by atoms with E-state index in [0.717, 1.165) is 17.5 Å². The summed E-state index contributed by atoms with van der Waals surface area (Å²) in [5.41, 5.74) is -4.13. The van der Waals surface area contributed by atoms with E-state index in [2.05, 4.69) is 0 Å². The molecule has 1 aromatic rings. The Bertz CT molecular complexity index is 394. The van der Waals surface area contributed by atoms with Gasteiger partial charge in [-0.1, -0.05) is 6.07 Å². The van der Waals surface area contributed by atoms with Gasteiger partial charge in [0.1, 0.15) is 0 Å². The second-order valence-electron chi connectivity index (χ2n) is 3.41. The normalized spacial score (nSPS) is 28.4. The monoisotopic (exact) mass is 262 g/mol. The minimum atomic E-state index is -5.54. The smallest absolute Gasteiger partial charge is 0.373 e. The summed E-state index contributed by atoms with van der Waals surface area (Å²) in [5, 5.41) is 10.3. The highest BCUT2D eigenvalue weighted by Crippen LogP contribution is 2.71. The molecule has 8 heteroatoms. The third-order valence-corrected chi connectivity index (χ3v) is 3.55. The molecule has 1 saturated carbocycles. The third-order valence-electron chi connectivity index (χ3n) is 2.58. The fraction of sp³-hybridized carbons (Fsp3) is 0.500. The Hall–Kier alpha value is -0.760. The summed E-state index contributed by atoms with van der Waals surface area (Å²) in [7, 11) is 0. The molecule has 0 atom stereocenters. The molecule has 0 aromatic carbocycles. The van der Waals surface area contributed by atoms with E-state index in [1.54, 1.807) is 0 Å². The van der Waals surface area contributed by atoms with Crippen LogP contribution in [0.3, 0.4) is 0 Å². The zero-order chi connectivity index (χ0) is 12.4. The molecule has 1 heterocycles. The van der Waals surface area contributed by atoms with Crippen molar-refractivity contribution in [3.63, 3.8) is 0 Å². The van der Waals surface area contributed by atoms with Crippen molar-refractivity contribution >= 4 is 11.3 Å². The lowest BCUT2D eigenvalue weighted by Crippen LogP contribution is -2.83. The van der Waals surface area contributed by atoms with E-state index in [9.17, 15) is 31.4 Å². The summed E-state index contributed by atoms with van der Waals surface area (Å²) in [6, 6.07) is 1.88. The van der Waals surface area contributed by atoms with E-state index in [0.29, 0.717) is 11.3 Å². The standard InChI is InChI=1S/C8H4F6OS/c9-6(10)5(15,4-2-1-3-16-4)7(11,12)8(6,13)14/h1-3,15H. The van der Waals surface area contributed by atoms with Gasteiger partial charge in [-0.25, -0.2) is 0 Å². The fourth-order valence-corrected chi connectivity index (χ4v) is 2.47. The van der Waals surface area contributed by atoms with Gasteiger partial charge >= 0.3 is 17.8 Å². The zero-order valence-corrected chi connectivity index (χ0v) is 8.17. The number of rotatable bonds is 1. The first-order chi connectivity index (χ1) is 7.11. The second kappa shape index (κ2) is 2.73. The van der Waals surface area contributed by atoms with Gasteiger partial charge in [-0.05, 0) is 11.4 Å². The predicted octanol–water partition coefficient (Wildman–Crippen LogP) is 2.86. The molecule has 1 nitrogen and oxygen atoms in total. The lowest BCUT2D eigenvalue weighted by Gasteiger charge is -2.55. The van der Waals surface area contributed by atoms with Crippen LogP contribution in [0.4, 0.5) is 26.3 Å². The Balaban J connectivity index is 2.59. The maximum absolute atomic E-state index is 13.0. The first-order valence-corrected chi connectivity index (χ1v) is 4.88. The molecule has 1 N–H and O–H groups in total.